The predicted molar refractivity (Wildman–Crippen MR) is 88.6 cm³/mol. The summed E-state index contributed by atoms with van der Waals surface area (Å²) in [7, 11) is 0. The minimum atomic E-state index is -0.260. The van der Waals surface area contributed by atoms with Crippen LogP contribution >= 0.6 is 23.1 Å². The molecule has 4 nitrogen and oxygen atoms in total. The number of nitrogens with zero attached hydrogens (tertiary/aromatic N) is 2. The second-order valence-corrected chi connectivity index (χ2v) is 8.88. The van der Waals surface area contributed by atoms with E-state index in [1.54, 1.807) is 23.1 Å². The van der Waals surface area contributed by atoms with E-state index in [1.807, 2.05) is 9.80 Å². The molecule has 3 aliphatic rings. The van der Waals surface area contributed by atoms with Gasteiger partial charge in [0.1, 0.15) is 6.04 Å². The molecule has 3 fully saturated rings. The highest BCUT2D eigenvalue weighted by atomic mass is 32.2. The van der Waals surface area contributed by atoms with Gasteiger partial charge in [-0.1, -0.05) is 0 Å². The molecule has 4 rings (SSSR count). The summed E-state index contributed by atoms with van der Waals surface area (Å²) in [6.07, 6.45) is 3.65. The zero-order valence-electron chi connectivity index (χ0n) is 12.7. The van der Waals surface area contributed by atoms with Crippen LogP contribution in [0.3, 0.4) is 0 Å². The lowest BCUT2D eigenvalue weighted by Gasteiger charge is -2.33. The summed E-state index contributed by atoms with van der Waals surface area (Å²) in [5.74, 6) is 1.05. The van der Waals surface area contributed by atoms with Crippen LogP contribution in [-0.4, -0.2) is 44.3 Å². The van der Waals surface area contributed by atoms with Crippen molar-refractivity contribution in [2.75, 3.05) is 5.75 Å². The summed E-state index contributed by atoms with van der Waals surface area (Å²) in [6.45, 7) is 2.79. The quantitative estimate of drug-likeness (QED) is 0.849. The molecule has 118 valence electrons. The van der Waals surface area contributed by atoms with Gasteiger partial charge in [0.2, 0.25) is 11.8 Å². The fourth-order valence-electron chi connectivity index (χ4n) is 3.55. The molecule has 2 saturated heterocycles. The minimum absolute atomic E-state index is 0.150. The Morgan fingerprint density at radius 2 is 2.32 bits per heavy atom. The van der Waals surface area contributed by atoms with E-state index < -0.39 is 0 Å². The number of carbonyl (C=O) groups excluding carboxylic acids is 2. The highest BCUT2D eigenvalue weighted by molar-refractivity contribution is 8.01. The number of amides is 2. The number of thioether (sulfide) groups is 1. The fourth-order valence-corrected chi connectivity index (χ4v) is 5.63. The lowest BCUT2D eigenvalue weighted by molar-refractivity contribution is -0.144. The van der Waals surface area contributed by atoms with E-state index in [2.05, 4.69) is 23.8 Å². The van der Waals surface area contributed by atoms with Gasteiger partial charge in [-0.2, -0.15) is 11.3 Å². The van der Waals surface area contributed by atoms with Gasteiger partial charge >= 0.3 is 0 Å². The summed E-state index contributed by atoms with van der Waals surface area (Å²) in [6, 6.07) is 2.20. The second-order valence-electron chi connectivity index (χ2n) is 6.59. The van der Waals surface area contributed by atoms with Crippen LogP contribution in [0.15, 0.2) is 16.8 Å². The summed E-state index contributed by atoms with van der Waals surface area (Å²) < 4.78 is 0. The van der Waals surface area contributed by atoms with Crippen molar-refractivity contribution in [3.8, 4) is 0 Å². The molecule has 0 aromatic carbocycles. The molecular weight excluding hydrogens is 316 g/mol. The van der Waals surface area contributed by atoms with Crippen LogP contribution in [0.25, 0.3) is 0 Å². The zero-order chi connectivity index (χ0) is 15.3. The Hall–Kier alpha value is -1.01. The van der Waals surface area contributed by atoms with E-state index in [-0.39, 0.29) is 22.7 Å². The Balaban J connectivity index is 1.55. The Morgan fingerprint density at radius 3 is 3.00 bits per heavy atom. The van der Waals surface area contributed by atoms with Crippen molar-refractivity contribution < 1.29 is 9.59 Å². The number of hydrogen-bond donors (Lipinski definition) is 0. The fraction of sp³-hybridized carbons (Fsp3) is 0.625. The Bertz CT molecular complexity index is 599. The van der Waals surface area contributed by atoms with E-state index in [0.29, 0.717) is 19.0 Å². The van der Waals surface area contributed by atoms with E-state index in [4.69, 9.17) is 0 Å². The lowest BCUT2D eigenvalue weighted by atomic mass is 10.2. The molecule has 0 spiro atoms. The molecule has 1 aromatic rings. The predicted octanol–water partition coefficient (Wildman–Crippen LogP) is 2.69. The molecule has 0 N–H and O–H groups in total. The Kier molecular flexibility index (Phi) is 3.49. The van der Waals surface area contributed by atoms with E-state index in [1.165, 1.54) is 5.56 Å². The van der Waals surface area contributed by atoms with Crippen LogP contribution in [0.2, 0.25) is 0 Å². The number of carbonyl (C=O) groups is 2. The molecule has 2 aliphatic heterocycles. The van der Waals surface area contributed by atoms with Crippen LogP contribution < -0.4 is 0 Å². The largest absolute Gasteiger partial charge is 0.334 e. The molecule has 22 heavy (non-hydrogen) atoms. The van der Waals surface area contributed by atoms with Gasteiger partial charge < -0.3 is 9.80 Å². The molecule has 0 unspecified atom stereocenters. The molecule has 0 bridgehead atoms. The Labute approximate surface area is 138 Å². The topological polar surface area (TPSA) is 40.6 Å². The smallest absolute Gasteiger partial charge is 0.246 e. The van der Waals surface area contributed by atoms with Crippen molar-refractivity contribution in [2.24, 2.45) is 0 Å². The summed E-state index contributed by atoms with van der Waals surface area (Å²) in [5, 5.41) is 4.16. The molecule has 3 heterocycles. The van der Waals surface area contributed by atoms with Gasteiger partial charge in [0.25, 0.3) is 0 Å². The first-order chi connectivity index (χ1) is 10.6. The molecular formula is C16H20N2O2S2. The average Bonchev–Trinajstić information content (AvgIpc) is 2.96. The summed E-state index contributed by atoms with van der Waals surface area (Å²) >= 11 is 3.44. The maximum Gasteiger partial charge on any atom is 0.246 e. The van der Waals surface area contributed by atoms with E-state index >= 15 is 0 Å². The van der Waals surface area contributed by atoms with Gasteiger partial charge in [-0.15, -0.1) is 11.8 Å². The highest BCUT2D eigenvalue weighted by Crippen LogP contribution is 2.48. The molecule has 1 aromatic heterocycles. The van der Waals surface area contributed by atoms with Gasteiger partial charge in [-0.05, 0) is 48.6 Å². The summed E-state index contributed by atoms with van der Waals surface area (Å²) in [4.78, 5) is 29.1. The van der Waals surface area contributed by atoms with E-state index in [9.17, 15) is 9.59 Å². The third kappa shape index (κ3) is 2.36. The maximum absolute atomic E-state index is 13.1. The molecule has 1 aliphatic carbocycles. The minimum Gasteiger partial charge on any atom is -0.334 e. The van der Waals surface area contributed by atoms with Crippen LogP contribution in [0, 0.1) is 0 Å². The van der Waals surface area contributed by atoms with Crippen LogP contribution in [0.4, 0.5) is 0 Å². The number of thiophene rings is 1. The first kappa shape index (κ1) is 14.6. The number of fused-ring (bicyclic) bond motifs is 1. The average molecular weight is 336 g/mol. The second kappa shape index (κ2) is 5.27. The van der Waals surface area contributed by atoms with Crippen LogP contribution in [0.5, 0.6) is 0 Å². The molecule has 1 saturated carbocycles. The molecule has 2 amide bonds. The maximum atomic E-state index is 13.1. The van der Waals surface area contributed by atoms with Crippen molar-refractivity contribution in [1.82, 2.24) is 9.80 Å². The zero-order valence-corrected chi connectivity index (χ0v) is 14.3. The summed E-state index contributed by atoms with van der Waals surface area (Å²) in [5.41, 5.74) is 1.20. The van der Waals surface area contributed by atoms with Gasteiger partial charge in [0, 0.05) is 24.8 Å². The molecule has 2 atom stereocenters. The normalized spacial score (nSPS) is 30.7. The van der Waals surface area contributed by atoms with Crippen molar-refractivity contribution in [3.05, 3.63) is 22.4 Å². The third-order valence-corrected chi connectivity index (χ3v) is 7.17. The number of rotatable bonds is 4. The monoisotopic (exact) mass is 336 g/mol. The molecule has 0 radical (unpaired) electrons. The third-order valence-electron chi connectivity index (χ3n) is 4.93. The van der Waals surface area contributed by atoms with Crippen molar-refractivity contribution >= 4 is 34.9 Å². The van der Waals surface area contributed by atoms with Crippen molar-refractivity contribution in [1.29, 1.82) is 0 Å². The van der Waals surface area contributed by atoms with Crippen LogP contribution in [-0.2, 0) is 16.1 Å². The van der Waals surface area contributed by atoms with Crippen molar-refractivity contribution in [2.45, 2.75) is 56.1 Å². The van der Waals surface area contributed by atoms with Crippen LogP contribution in [0.1, 0.15) is 38.2 Å². The highest BCUT2D eigenvalue weighted by Gasteiger charge is 2.54. The standard InChI is InChI=1S/C16H20N2O2S2/c1-16-6-4-14(19)18(16)13(10-22-16)15(20)17(12-2-3-12)8-11-5-7-21-9-11/h5,7,9,12-13H,2-4,6,8,10H2,1H3/t13-,16-/m1/s1. The van der Waals surface area contributed by atoms with Crippen molar-refractivity contribution in [3.63, 3.8) is 0 Å². The lowest BCUT2D eigenvalue weighted by Crippen LogP contribution is -2.51. The van der Waals surface area contributed by atoms with Gasteiger partial charge in [0.15, 0.2) is 0 Å². The first-order valence-corrected chi connectivity index (χ1v) is 9.79. The van der Waals surface area contributed by atoms with Gasteiger partial charge in [-0.3, -0.25) is 9.59 Å². The van der Waals surface area contributed by atoms with E-state index in [0.717, 1.165) is 25.0 Å². The first-order valence-electron chi connectivity index (χ1n) is 7.86. The molecule has 6 heteroatoms. The SMILES string of the molecule is C[C@@]12CCC(=O)N1[C@@H](C(=O)N(Cc1ccsc1)C1CC1)CS2. The Morgan fingerprint density at radius 1 is 1.50 bits per heavy atom. The van der Waals surface area contributed by atoms with Gasteiger partial charge in [0.05, 0.1) is 4.87 Å². The number of hydrogen-bond acceptors (Lipinski definition) is 4. The van der Waals surface area contributed by atoms with Gasteiger partial charge in [-0.25, -0.2) is 0 Å².